The second kappa shape index (κ2) is 2.36. The lowest BCUT2D eigenvalue weighted by Gasteiger charge is -1.99. The van der Waals surface area contributed by atoms with Gasteiger partial charge in [-0.2, -0.15) is 0 Å². The zero-order chi connectivity index (χ0) is 5.82. The fraction of sp³-hybridized carbons (Fsp3) is 0. The van der Waals surface area contributed by atoms with Crippen molar-refractivity contribution in [2.24, 2.45) is 0 Å². The molecule has 1 aromatic rings. The van der Waals surface area contributed by atoms with Crippen molar-refractivity contribution >= 4 is 0 Å². The first-order chi connectivity index (χ1) is 3.93. The Morgan fingerprint density at radius 3 is 2.12 bits per heavy atom. The molecule has 0 heterocycles. The van der Waals surface area contributed by atoms with E-state index in [0.717, 1.165) is 5.75 Å². The Bertz CT molecular complexity index is 146. The minimum Gasteiger partial charge on any atom is -0.722 e. The summed E-state index contributed by atoms with van der Waals surface area (Å²) in [5, 5.41) is 0. The van der Waals surface area contributed by atoms with Gasteiger partial charge in [-0.05, 0) is 7.11 Å². The van der Waals surface area contributed by atoms with Gasteiger partial charge in [-0.1, -0.05) is 18.2 Å². The molecular formula is C7H8O. The molecule has 0 fully saturated rings. The van der Waals surface area contributed by atoms with Gasteiger partial charge in [-0.3, -0.25) is 0 Å². The number of para-hydroxylation sites is 1. The van der Waals surface area contributed by atoms with Crippen LogP contribution in [0.25, 0.3) is 0 Å². The SMILES string of the molecule is [CH2-][OH+]c1ccccc1. The summed E-state index contributed by atoms with van der Waals surface area (Å²) in [5.41, 5.74) is 0. The molecule has 1 N–H and O–H groups in total. The Morgan fingerprint density at radius 2 is 1.75 bits per heavy atom. The standard InChI is InChI=1S/C7H8O/c1-8-7-5-3-2-4-6-7/h2-6,8H,1H2. The van der Waals surface area contributed by atoms with Crippen LogP contribution in [0, 0.1) is 7.11 Å². The molecule has 0 amide bonds. The van der Waals surface area contributed by atoms with E-state index in [1.807, 2.05) is 30.3 Å². The number of hydrogen-bond donors (Lipinski definition) is 0. The van der Waals surface area contributed by atoms with Gasteiger partial charge in [-0.25, -0.2) is 0 Å². The molecule has 0 spiro atoms. The summed E-state index contributed by atoms with van der Waals surface area (Å²) in [6.07, 6.45) is 0. The molecule has 42 valence electrons. The van der Waals surface area contributed by atoms with E-state index in [2.05, 4.69) is 11.8 Å². The van der Waals surface area contributed by atoms with E-state index in [1.165, 1.54) is 0 Å². The maximum absolute atomic E-state index is 3.72. The molecule has 0 bridgehead atoms. The maximum Gasteiger partial charge on any atom is 0.225 e. The van der Waals surface area contributed by atoms with Crippen LogP contribution < -0.4 is 0 Å². The molecule has 0 radical (unpaired) electrons. The molecule has 0 aliphatic heterocycles. The summed E-state index contributed by atoms with van der Waals surface area (Å²) in [5.74, 6) is 0.924. The fourth-order valence-corrected chi connectivity index (χ4v) is 0.533. The monoisotopic (exact) mass is 108 g/mol. The summed E-state index contributed by atoms with van der Waals surface area (Å²) in [6, 6.07) is 9.64. The average Bonchev–Trinajstić information content (AvgIpc) is 1.90. The summed E-state index contributed by atoms with van der Waals surface area (Å²) in [6.45, 7) is 0. The Balaban J connectivity index is 2.83. The van der Waals surface area contributed by atoms with Gasteiger partial charge in [0, 0.05) is 12.1 Å². The molecule has 0 aromatic heterocycles. The van der Waals surface area contributed by atoms with Crippen LogP contribution in [0.2, 0.25) is 0 Å². The first-order valence-electron chi connectivity index (χ1n) is 2.45. The third-order valence-corrected chi connectivity index (χ3v) is 0.939. The van der Waals surface area contributed by atoms with Crippen LogP contribution in [0.4, 0.5) is 0 Å². The highest BCUT2D eigenvalue weighted by Crippen LogP contribution is 2.07. The normalized spacial score (nSPS) is 8.62. The van der Waals surface area contributed by atoms with Crippen LogP contribution in [0.1, 0.15) is 0 Å². The summed E-state index contributed by atoms with van der Waals surface area (Å²) in [4.78, 5) is 0. The quantitative estimate of drug-likeness (QED) is 0.384. The molecule has 1 aromatic carbocycles. The van der Waals surface area contributed by atoms with Gasteiger partial charge in [-0.15, -0.1) is 0 Å². The van der Waals surface area contributed by atoms with Crippen molar-refractivity contribution in [1.82, 2.24) is 0 Å². The smallest absolute Gasteiger partial charge is 0.225 e. The van der Waals surface area contributed by atoms with Crippen LogP contribution in [0.5, 0.6) is 5.75 Å². The van der Waals surface area contributed by atoms with Gasteiger partial charge in [0.05, 0.1) is 0 Å². The molecule has 1 heteroatoms. The first-order valence-corrected chi connectivity index (χ1v) is 2.45. The predicted octanol–water partition coefficient (Wildman–Crippen LogP) is 1.72. The zero-order valence-corrected chi connectivity index (χ0v) is 4.54. The third-order valence-electron chi connectivity index (χ3n) is 0.939. The van der Waals surface area contributed by atoms with E-state index < -0.39 is 0 Å². The molecule has 1 rings (SSSR count). The van der Waals surface area contributed by atoms with Gasteiger partial charge < -0.3 is 4.74 Å². The molecule has 8 heavy (non-hydrogen) atoms. The summed E-state index contributed by atoms with van der Waals surface area (Å²) < 4.78 is 3.72. The Labute approximate surface area is 48.9 Å². The molecule has 0 aliphatic rings. The molecule has 0 saturated heterocycles. The highest BCUT2D eigenvalue weighted by molar-refractivity contribution is 5.19. The van der Waals surface area contributed by atoms with Crippen molar-refractivity contribution in [3.8, 4) is 5.75 Å². The van der Waals surface area contributed by atoms with Crippen molar-refractivity contribution < 1.29 is 4.74 Å². The second-order valence-corrected chi connectivity index (χ2v) is 1.49. The van der Waals surface area contributed by atoms with E-state index in [1.54, 1.807) is 0 Å². The van der Waals surface area contributed by atoms with Gasteiger partial charge >= 0.3 is 0 Å². The molecule has 0 saturated carbocycles. The van der Waals surface area contributed by atoms with Crippen molar-refractivity contribution in [1.29, 1.82) is 0 Å². The second-order valence-electron chi connectivity index (χ2n) is 1.49. The van der Waals surface area contributed by atoms with Crippen LogP contribution >= 0.6 is 0 Å². The minimum atomic E-state index is 0.924. The number of aliphatic hydroxyl groups is 1. The topological polar surface area (TPSA) is 12.8 Å². The number of aromatic hydroxyl groups is 1. The van der Waals surface area contributed by atoms with Gasteiger partial charge in [0.2, 0.25) is 5.75 Å². The Kier molecular flexibility index (Phi) is 1.52. The first kappa shape index (κ1) is 5.16. The van der Waals surface area contributed by atoms with Crippen LogP contribution in [0.15, 0.2) is 30.3 Å². The van der Waals surface area contributed by atoms with E-state index in [9.17, 15) is 0 Å². The van der Waals surface area contributed by atoms with E-state index in [-0.39, 0.29) is 0 Å². The van der Waals surface area contributed by atoms with Crippen molar-refractivity contribution in [2.75, 3.05) is 0 Å². The molecule has 1 nitrogen and oxygen atoms in total. The largest absolute Gasteiger partial charge is 0.722 e. The van der Waals surface area contributed by atoms with Crippen molar-refractivity contribution in [3.05, 3.63) is 37.4 Å². The predicted molar refractivity (Wildman–Crippen MR) is 33.5 cm³/mol. The highest BCUT2D eigenvalue weighted by Gasteiger charge is 1.82. The van der Waals surface area contributed by atoms with Crippen LogP contribution in [-0.2, 0) is 0 Å². The van der Waals surface area contributed by atoms with Crippen LogP contribution in [-0.4, -0.2) is 4.74 Å². The van der Waals surface area contributed by atoms with E-state index in [4.69, 9.17) is 0 Å². The fourth-order valence-electron chi connectivity index (χ4n) is 0.533. The molecule has 0 atom stereocenters. The number of ether oxygens (including phenoxy) is 1. The highest BCUT2D eigenvalue weighted by atomic mass is 16.5. The van der Waals surface area contributed by atoms with Crippen molar-refractivity contribution in [2.45, 2.75) is 0 Å². The lowest BCUT2D eigenvalue weighted by molar-refractivity contribution is 0.186. The minimum absolute atomic E-state index is 0.924. The Morgan fingerprint density at radius 1 is 1.12 bits per heavy atom. The number of benzene rings is 1. The molecule has 0 aliphatic carbocycles. The average molecular weight is 108 g/mol. The number of rotatable bonds is 1. The molecule has 0 unspecified atom stereocenters. The summed E-state index contributed by atoms with van der Waals surface area (Å²) >= 11 is 0. The number of hydrogen-bond acceptors (Lipinski definition) is 0. The van der Waals surface area contributed by atoms with Gasteiger partial charge in [0.15, 0.2) is 0 Å². The zero-order valence-electron chi connectivity index (χ0n) is 4.54. The van der Waals surface area contributed by atoms with E-state index in [0.29, 0.717) is 0 Å². The van der Waals surface area contributed by atoms with Crippen LogP contribution in [0.3, 0.4) is 0 Å². The van der Waals surface area contributed by atoms with Gasteiger partial charge in [0.25, 0.3) is 0 Å². The van der Waals surface area contributed by atoms with Gasteiger partial charge in [0.1, 0.15) is 0 Å². The van der Waals surface area contributed by atoms with Crippen molar-refractivity contribution in [3.63, 3.8) is 0 Å². The lowest BCUT2D eigenvalue weighted by Crippen LogP contribution is -1.69. The Hall–Kier alpha value is -0.980. The lowest BCUT2D eigenvalue weighted by atomic mass is 10.3. The maximum atomic E-state index is 3.72. The van der Waals surface area contributed by atoms with E-state index >= 15 is 0 Å². The summed E-state index contributed by atoms with van der Waals surface area (Å²) in [7, 11) is 3.38. The molecular weight excluding hydrogens is 100 g/mol. The third kappa shape index (κ3) is 0.997.